The van der Waals surface area contributed by atoms with Crippen molar-refractivity contribution in [1.29, 1.82) is 0 Å². The summed E-state index contributed by atoms with van der Waals surface area (Å²) >= 11 is 5.79. The van der Waals surface area contributed by atoms with Gasteiger partial charge in [0.1, 0.15) is 11.6 Å². The van der Waals surface area contributed by atoms with E-state index in [1.807, 2.05) is 6.20 Å². The predicted octanol–water partition coefficient (Wildman–Crippen LogP) is 1.96. The summed E-state index contributed by atoms with van der Waals surface area (Å²) in [4.78, 5) is 18.1. The molecule has 0 radical (unpaired) electrons. The molecule has 0 bridgehead atoms. The van der Waals surface area contributed by atoms with Crippen LogP contribution in [-0.4, -0.2) is 33.5 Å². The average Bonchev–Trinajstić information content (AvgIpc) is 2.93. The summed E-state index contributed by atoms with van der Waals surface area (Å²) in [5.41, 5.74) is 0. The maximum Gasteiger partial charge on any atom is 0.260 e. The SMILES string of the molecule is O=C(COc1ccc(Cl)cc1)N1CCn2ccnc2C1. The number of halogens is 1. The van der Waals surface area contributed by atoms with Gasteiger partial charge in [-0.05, 0) is 24.3 Å². The number of carbonyl (C=O) groups excluding carboxylic acids is 1. The van der Waals surface area contributed by atoms with Crippen LogP contribution in [0.1, 0.15) is 5.82 Å². The largest absolute Gasteiger partial charge is 0.484 e. The van der Waals surface area contributed by atoms with Crippen molar-refractivity contribution in [3.8, 4) is 5.75 Å². The van der Waals surface area contributed by atoms with Crippen LogP contribution in [0.5, 0.6) is 5.75 Å². The summed E-state index contributed by atoms with van der Waals surface area (Å²) in [6, 6.07) is 6.97. The van der Waals surface area contributed by atoms with Crippen molar-refractivity contribution >= 4 is 17.5 Å². The van der Waals surface area contributed by atoms with Crippen molar-refractivity contribution in [2.45, 2.75) is 13.1 Å². The lowest BCUT2D eigenvalue weighted by atomic mass is 10.3. The zero-order chi connectivity index (χ0) is 13.9. The Morgan fingerprint density at radius 1 is 1.30 bits per heavy atom. The molecule has 0 saturated carbocycles. The van der Waals surface area contributed by atoms with Crippen LogP contribution in [-0.2, 0) is 17.9 Å². The predicted molar refractivity (Wildman–Crippen MR) is 74.6 cm³/mol. The minimum absolute atomic E-state index is 0.0301. The summed E-state index contributed by atoms with van der Waals surface area (Å²) in [5.74, 6) is 1.52. The minimum Gasteiger partial charge on any atom is -0.484 e. The van der Waals surface area contributed by atoms with Crippen LogP contribution in [0.25, 0.3) is 0 Å². The Bertz CT molecular complexity index is 609. The lowest BCUT2D eigenvalue weighted by Gasteiger charge is -2.27. The first-order chi connectivity index (χ1) is 9.72. The van der Waals surface area contributed by atoms with Gasteiger partial charge in [0.15, 0.2) is 6.61 Å². The first-order valence-corrected chi connectivity index (χ1v) is 6.76. The molecule has 1 aromatic heterocycles. The van der Waals surface area contributed by atoms with E-state index in [-0.39, 0.29) is 12.5 Å². The Balaban J connectivity index is 1.56. The van der Waals surface area contributed by atoms with E-state index in [0.717, 1.165) is 12.4 Å². The summed E-state index contributed by atoms with van der Waals surface area (Å²) in [6.07, 6.45) is 3.69. The number of benzene rings is 1. The highest BCUT2D eigenvalue weighted by Crippen LogP contribution is 2.16. The Labute approximate surface area is 121 Å². The summed E-state index contributed by atoms with van der Waals surface area (Å²) < 4.78 is 7.53. The van der Waals surface area contributed by atoms with Gasteiger partial charge in [-0.15, -0.1) is 0 Å². The van der Waals surface area contributed by atoms with Crippen LogP contribution >= 0.6 is 11.6 Å². The first-order valence-electron chi connectivity index (χ1n) is 6.38. The molecule has 20 heavy (non-hydrogen) atoms. The fourth-order valence-corrected chi connectivity index (χ4v) is 2.28. The molecule has 0 N–H and O–H groups in total. The number of nitrogens with zero attached hydrogens (tertiary/aromatic N) is 3. The van der Waals surface area contributed by atoms with Gasteiger partial charge in [0, 0.05) is 30.5 Å². The quantitative estimate of drug-likeness (QED) is 0.868. The van der Waals surface area contributed by atoms with Gasteiger partial charge in [-0.2, -0.15) is 0 Å². The van der Waals surface area contributed by atoms with E-state index in [4.69, 9.17) is 16.3 Å². The third-order valence-corrected chi connectivity index (χ3v) is 3.53. The second-order valence-electron chi connectivity index (χ2n) is 4.59. The van der Waals surface area contributed by atoms with Crippen molar-refractivity contribution in [3.63, 3.8) is 0 Å². The van der Waals surface area contributed by atoms with Crippen LogP contribution in [0.4, 0.5) is 0 Å². The molecule has 0 fully saturated rings. The lowest BCUT2D eigenvalue weighted by Crippen LogP contribution is -2.40. The number of amides is 1. The molecule has 3 rings (SSSR count). The number of carbonyl (C=O) groups is 1. The highest BCUT2D eigenvalue weighted by Gasteiger charge is 2.21. The van der Waals surface area contributed by atoms with Crippen LogP contribution in [0, 0.1) is 0 Å². The summed E-state index contributed by atoms with van der Waals surface area (Å²) in [7, 11) is 0. The fraction of sp³-hybridized carbons (Fsp3) is 0.286. The average molecular weight is 292 g/mol. The van der Waals surface area contributed by atoms with Crippen molar-refractivity contribution in [1.82, 2.24) is 14.5 Å². The number of aromatic nitrogens is 2. The van der Waals surface area contributed by atoms with Crippen LogP contribution < -0.4 is 4.74 Å². The molecule has 104 valence electrons. The molecule has 1 aliphatic rings. The Morgan fingerprint density at radius 2 is 2.10 bits per heavy atom. The van der Waals surface area contributed by atoms with E-state index in [1.54, 1.807) is 35.4 Å². The van der Waals surface area contributed by atoms with Gasteiger partial charge in [-0.1, -0.05) is 11.6 Å². The van der Waals surface area contributed by atoms with Crippen molar-refractivity contribution in [3.05, 3.63) is 47.5 Å². The molecule has 5 nitrogen and oxygen atoms in total. The van der Waals surface area contributed by atoms with Gasteiger partial charge in [-0.25, -0.2) is 4.98 Å². The smallest absolute Gasteiger partial charge is 0.260 e. The minimum atomic E-state index is -0.0331. The lowest BCUT2D eigenvalue weighted by molar-refractivity contribution is -0.134. The summed E-state index contributed by atoms with van der Waals surface area (Å²) in [5, 5.41) is 0.645. The number of fused-ring (bicyclic) bond motifs is 1. The fourth-order valence-electron chi connectivity index (χ4n) is 2.15. The van der Waals surface area contributed by atoms with Gasteiger partial charge in [0.2, 0.25) is 0 Å². The van der Waals surface area contributed by atoms with E-state index in [0.29, 0.717) is 23.9 Å². The molecule has 2 aromatic rings. The topological polar surface area (TPSA) is 47.4 Å². The molecule has 1 aliphatic heterocycles. The van der Waals surface area contributed by atoms with Gasteiger partial charge in [0.25, 0.3) is 5.91 Å². The molecule has 2 heterocycles. The highest BCUT2D eigenvalue weighted by atomic mass is 35.5. The Hall–Kier alpha value is -2.01. The summed E-state index contributed by atoms with van der Waals surface area (Å²) in [6.45, 7) is 2.03. The molecule has 1 aromatic carbocycles. The van der Waals surface area contributed by atoms with Crippen LogP contribution in [0.3, 0.4) is 0 Å². The maximum absolute atomic E-state index is 12.1. The van der Waals surface area contributed by atoms with E-state index in [9.17, 15) is 4.79 Å². The number of hydrogen-bond donors (Lipinski definition) is 0. The zero-order valence-electron chi connectivity index (χ0n) is 10.8. The second-order valence-corrected chi connectivity index (χ2v) is 5.03. The monoisotopic (exact) mass is 291 g/mol. The van der Waals surface area contributed by atoms with Crippen LogP contribution in [0.2, 0.25) is 5.02 Å². The molecule has 0 unspecified atom stereocenters. The Kier molecular flexibility index (Phi) is 3.60. The molecule has 6 heteroatoms. The van der Waals surface area contributed by atoms with Crippen molar-refractivity contribution < 1.29 is 9.53 Å². The third-order valence-electron chi connectivity index (χ3n) is 3.27. The van der Waals surface area contributed by atoms with E-state index in [1.165, 1.54) is 0 Å². The molecular weight excluding hydrogens is 278 g/mol. The standard InChI is InChI=1S/C14H14ClN3O2/c15-11-1-3-12(4-2-11)20-10-14(19)18-8-7-17-6-5-16-13(17)9-18/h1-6H,7-10H2. The van der Waals surface area contributed by atoms with E-state index in [2.05, 4.69) is 9.55 Å². The molecular formula is C14H14ClN3O2. The van der Waals surface area contributed by atoms with E-state index >= 15 is 0 Å². The van der Waals surface area contributed by atoms with Crippen molar-refractivity contribution in [2.24, 2.45) is 0 Å². The van der Waals surface area contributed by atoms with Crippen molar-refractivity contribution in [2.75, 3.05) is 13.2 Å². The maximum atomic E-state index is 12.1. The number of rotatable bonds is 3. The zero-order valence-corrected chi connectivity index (χ0v) is 11.6. The third kappa shape index (κ3) is 2.77. The van der Waals surface area contributed by atoms with Crippen LogP contribution in [0.15, 0.2) is 36.7 Å². The normalized spacial score (nSPS) is 13.9. The van der Waals surface area contributed by atoms with Gasteiger partial charge >= 0.3 is 0 Å². The Morgan fingerprint density at radius 3 is 2.90 bits per heavy atom. The van der Waals surface area contributed by atoms with E-state index < -0.39 is 0 Å². The van der Waals surface area contributed by atoms with Gasteiger partial charge in [-0.3, -0.25) is 4.79 Å². The molecule has 0 aliphatic carbocycles. The number of hydrogen-bond acceptors (Lipinski definition) is 3. The molecule has 1 amide bonds. The van der Waals surface area contributed by atoms with Gasteiger partial charge in [0.05, 0.1) is 6.54 Å². The number of ether oxygens (including phenoxy) is 1. The molecule has 0 spiro atoms. The number of imidazole rings is 1. The second kappa shape index (κ2) is 5.54. The molecule has 0 atom stereocenters. The highest BCUT2D eigenvalue weighted by molar-refractivity contribution is 6.30. The van der Waals surface area contributed by atoms with Gasteiger partial charge < -0.3 is 14.2 Å². The molecule has 0 saturated heterocycles. The first kappa shape index (κ1) is 13.0.